The molecule has 1 aliphatic heterocycles. The molecule has 1 unspecified atom stereocenters. The number of sulfonamides is 1. The van der Waals surface area contributed by atoms with Crippen molar-refractivity contribution in [3.05, 3.63) is 92.4 Å². The van der Waals surface area contributed by atoms with Crippen LogP contribution in [0.2, 0.25) is 0 Å². The third-order valence-electron chi connectivity index (χ3n) is 5.95. The molecule has 0 bridgehead atoms. The molecule has 4 rings (SSSR count). The zero-order chi connectivity index (χ0) is 25.0. The van der Waals surface area contributed by atoms with E-state index in [9.17, 15) is 13.2 Å². The van der Waals surface area contributed by atoms with Gasteiger partial charge in [0.15, 0.2) is 0 Å². The average Bonchev–Trinajstić information content (AvgIpc) is 2.84. The number of benzene rings is 3. The summed E-state index contributed by atoms with van der Waals surface area (Å²) in [6.07, 6.45) is 0.825. The van der Waals surface area contributed by atoms with Gasteiger partial charge < -0.3 is 9.64 Å². The van der Waals surface area contributed by atoms with Crippen molar-refractivity contribution in [1.29, 1.82) is 0 Å². The van der Waals surface area contributed by atoms with E-state index in [0.29, 0.717) is 22.1 Å². The molecule has 0 radical (unpaired) electrons. The lowest BCUT2D eigenvalue weighted by atomic mass is 9.94. The van der Waals surface area contributed by atoms with E-state index in [0.717, 1.165) is 23.3 Å². The van der Waals surface area contributed by atoms with E-state index in [-0.39, 0.29) is 29.8 Å². The molecule has 1 heterocycles. The van der Waals surface area contributed by atoms with Gasteiger partial charge in [-0.1, -0.05) is 52.3 Å². The summed E-state index contributed by atoms with van der Waals surface area (Å²) in [6, 6.07) is 21.0. The SMILES string of the molecule is CC1Cc2ccc(OCc3ccccc3)cc2CN1C(=O)CCNS(=O)(=O)c1cc(Br)ccc1Br. The number of carbonyl (C=O) groups excluding carboxylic acids is 1. The highest BCUT2D eigenvalue weighted by atomic mass is 79.9. The lowest BCUT2D eigenvalue weighted by Gasteiger charge is -2.35. The van der Waals surface area contributed by atoms with Crippen molar-refractivity contribution >= 4 is 47.8 Å². The number of hydrogen-bond donors (Lipinski definition) is 1. The molecule has 0 spiro atoms. The first-order valence-corrected chi connectivity index (χ1v) is 14.3. The minimum atomic E-state index is -3.75. The van der Waals surface area contributed by atoms with Gasteiger partial charge in [0, 0.05) is 34.5 Å². The van der Waals surface area contributed by atoms with E-state index in [1.165, 1.54) is 11.6 Å². The summed E-state index contributed by atoms with van der Waals surface area (Å²) in [4.78, 5) is 14.9. The van der Waals surface area contributed by atoms with Crippen molar-refractivity contribution in [2.24, 2.45) is 0 Å². The zero-order valence-corrected chi connectivity index (χ0v) is 23.2. The van der Waals surface area contributed by atoms with Crippen LogP contribution < -0.4 is 9.46 Å². The first-order valence-electron chi connectivity index (χ1n) is 11.3. The highest BCUT2D eigenvalue weighted by Crippen LogP contribution is 2.28. The van der Waals surface area contributed by atoms with Gasteiger partial charge in [0.1, 0.15) is 12.4 Å². The van der Waals surface area contributed by atoms with E-state index >= 15 is 0 Å². The predicted octanol–water partition coefficient (Wildman–Crippen LogP) is 5.43. The Hall–Kier alpha value is -2.20. The summed E-state index contributed by atoms with van der Waals surface area (Å²) in [7, 11) is -3.75. The molecule has 0 aromatic heterocycles. The number of ether oxygens (including phenoxy) is 1. The van der Waals surface area contributed by atoms with Gasteiger partial charge in [-0.3, -0.25) is 4.79 Å². The quantitative estimate of drug-likeness (QED) is 0.364. The third kappa shape index (κ3) is 6.52. The molecule has 3 aromatic rings. The number of hydrogen-bond acceptors (Lipinski definition) is 4. The van der Waals surface area contributed by atoms with Crippen LogP contribution in [0.15, 0.2) is 80.6 Å². The molecular formula is C26H26Br2N2O4S. The highest BCUT2D eigenvalue weighted by Gasteiger charge is 2.27. The van der Waals surface area contributed by atoms with Crippen molar-refractivity contribution in [1.82, 2.24) is 9.62 Å². The zero-order valence-electron chi connectivity index (χ0n) is 19.2. The Morgan fingerprint density at radius 3 is 2.60 bits per heavy atom. The number of amides is 1. The van der Waals surface area contributed by atoms with Gasteiger partial charge in [0.05, 0.1) is 4.90 Å². The number of nitrogens with zero attached hydrogens (tertiary/aromatic N) is 1. The molecule has 1 atom stereocenters. The van der Waals surface area contributed by atoms with Gasteiger partial charge in [-0.25, -0.2) is 13.1 Å². The second-order valence-electron chi connectivity index (χ2n) is 8.50. The molecule has 184 valence electrons. The van der Waals surface area contributed by atoms with Crippen molar-refractivity contribution < 1.29 is 17.9 Å². The first-order chi connectivity index (χ1) is 16.7. The maximum absolute atomic E-state index is 13.0. The number of nitrogens with one attached hydrogen (secondary N) is 1. The Bertz CT molecular complexity index is 1320. The van der Waals surface area contributed by atoms with Crippen molar-refractivity contribution in [3.8, 4) is 5.75 Å². The minimum Gasteiger partial charge on any atom is -0.489 e. The van der Waals surface area contributed by atoms with Crippen molar-refractivity contribution in [2.45, 2.75) is 43.9 Å². The van der Waals surface area contributed by atoms with Crippen LogP contribution in [0.1, 0.15) is 30.0 Å². The van der Waals surface area contributed by atoms with Crippen molar-refractivity contribution in [3.63, 3.8) is 0 Å². The van der Waals surface area contributed by atoms with E-state index in [4.69, 9.17) is 4.74 Å². The summed E-state index contributed by atoms with van der Waals surface area (Å²) in [5.41, 5.74) is 3.35. The van der Waals surface area contributed by atoms with Crippen LogP contribution in [0.5, 0.6) is 5.75 Å². The van der Waals surface area contributed by atoms with Crippen LogP contribution in [-0.4, -0.2) is 31.8 Å². The van der Waals surface area contributed by atoms with Gasteiger partial charge in [-0.05, 0) is 76.3 Å². The number of halogens is 2. The van der Waals surface area contributed by atoms with E-state index < -0.39 is 10.0 Å². The second kappa shape index (κ2) is 11.2. The maximum Gasteiger partial charge on any atom is 0.241 e. The normalized spacial score (nSPS) is 15.5. The Morgan fingerprint density at radius 2 is 1.83 bits per heavy atom. The molecule has 1 aliphatic rings. The topological polar surface area (TPSA) is 75.7 Å². The molecule has 35 heavy (non-hydrogen) atoms. The summed E-state index contributed by atoms with van der Waals surface area (Å²) < 4.78 is 35.0. The summed E-state index contributed by atoms with van der Waals surface area (Å²) in [5.74, 6) is 0.677. The predicted molar refractivity (Wildman–Crippen MR) is 143 cm³/mol. The third-order valence-corrected chi connectivity index (χ3v) is 8.90. The molecule has 3 aromatic carbocycles. The number of rotatable bonds is 8. The first kappa shape index (κ1) is 25.9. The van der Waals surface area contributed by atoms with Gasteiger partial charge in [0.2, 0.25) is 15.9 Å². The monoisotopic (exact) mass is 620 g/mol. The van der Waals surface area contributed by atoms with Crippen LogP contribution in [0.4, 0.5) is 0 Å². The van der Waals surface area contributed by atoms with Crippen LogP contribution >= 0.6 is 31.9 Å². The molecule has 0 fully saturated rings. The van der Waals surface area contributed by atoms with Crippen LogP contribution in [-0.2, 0) is 34.4 Å². The number of fused-ring (bicyclic) bond motifs is 1. The van der Waals surface area contributed by atoms with Gasteiger partial charge in [-0.15, -0.1) is 0 Å². The fraction of sp³-hybridized carbons (Fsp3) is 0.269. The minimum absolute atomic E-state index is 0.0242. The lowest BCUT2D eigenvalue weighted by molar-refractivity contribution is -0.134. The molecule has 1 N–H and O–H groups in total. The smallest absolute Gasteiger partial charge is 0.241 e. The highest BCUT2D eigenvalue weighted by molar-refractivity contribution is 9.11. The molecule has 0 aliphatic carbocycles. The average molecular weight is 622 g/mol. The van der Waals surface area contributed by atoms with Gasteiger partial charge >= 0.3 is 0 Å². The molecule has 6 nitrogen and oxygen atoms in total. The van der Waals surface area contributed by atoms with Gasteiger partial charge in [-0.2, -0.15) is 0 Å². The molecule has 9 heteroatoms. The van der Waals surface area contributed by atoms with E-state index in [2.05, 4.69) is 42.6 Å². The summed E-state index contributed by atoms with van der Waals surface area (Å²) in [6.45, 7) is 2.99. The largest absolute Gasteiger partial charge is 0.489 e. The maximum atomic E-state index is 13.0. The Morgan fingerprint density at radius 1 is 1.06 bits per heavy atom. The molecule has 1 amide bonds. The van der Waals surface area contributed by atoms with E-state index in [1.54, 1.807) is 12.1 Å². The van der Waals surface area contributed by atoms with Crippen molar-refractivity contribution in [2.75, 3.05) is 6.54 Å². The van der Waals surface area contributed by atoms with Crippen LogP contribution in [0, 0.1) is 0 Å². The molecular weight excluding hydrogens is 596 g/mol. The molecule has 0 saturated carbocycles. The number of carbonyl (C=O) groups is 1. The van der Waals surface area contributed by atoms with Gasteiger partial charge in [0.25, 0.3) is 0 Å². The van der Waals surface area contributed by atoms with Crippen LogP contribution in [0.3, 0.4) is 0 Å². The Balaban J connectivity index is 1.36. The van der Waals surface area contributed by atoms with Crippen LogP contribution in [0.25, 0.3) is 0 Å². The molecule has 0 saturated heterocycles. The fourth-order valence-electron chi connectivity index (χ4n) is 4.08. The fourth-order valence-corrected chi connectivity index (χ4v) is 6.61. The standard InChI is InChI=1S/C26H26Br2N2O4S/c1-18-13-20-7-9-23(34-17-19-5-3-2-4-6-19)14-21(20)16-30(18)26(31)11-12-29-35(32,33)25-15-22(27)8-10-24(25)28/h2-10,14-15,18,29H,11-13,16-17H2,1H3. The second-order valence-corrected chi connectivity index (χ2v) is 12.0. The Kier molecular flexibility index (Phi) is 8.31. The van der Waals surface area contributed by atoms with E-state index in [1.807, 2.05) is 54.3 Å². The lowest BCUT2D eigenvalue weighted by Crippen LogP contribution is -2.43. The summed E-state index contributed by atoms with van der Waals surface area (Å²) in [5, 5.41) is 0. The summed E-state index contributed by atoms with van der Waals surface area (Å²) >= 11 is 6.57. The Labute approximate surface area is 223 Å².